The van der Waals surface area contributed by atoms with E-state index < -0.39 is 0 Å². The lowest BCUT2D eigenvalue weighted by molar-refractivity contribution is 0.430. The molecule has 0 N–H and O–H groups in total. The van der Waals surface area contributed by atoms with Crippen molar-refractivity contribution in [3.63, 3.8) is 0 Å². The van der Waals surface area contributed by atoms with Crippen LogP contribution in [-0.4, -0.2) is 35.1 Å². The van der Waals surface area contributed by atoms with Crippen molar-refractivity contribution in [2.24, 2.45) is 0 Å². The van der Waals surface area contributed by atoms with Gasteiger partial charge >= 0.3 is 0 Å². The zero-order chi connectivity index (χ0) is 20.5. The molecule has 9 heteroatoms. The molecule has 0 aliphatic rings. The molecule has 0 spiro atoms. The number of rotatable bonds is 5. The Morgan fingerprint density at radius 2 is 1.70 bits per heavy atom. The summed E-state index contributed by atoms with van der Waals surface area (Å²) in [6, 6.07) is 13.4. The minimum atomic E-state index is 0.312. The first-order chi connectivity index (χ1) is 14.7. The van der Waals surface area contributed by atoms with Gasteiger partial charge in [0.15, 0.2) is 5.69 Å². The Bertz CT molecular complexity index is 1290. The molecule has 0 saturated heterocycles. The van der Waals surface area contributed by atoms with Crippen LogP contribution in [0.25, 0.3) is 34.4 Å². The smallest absolute Gasteiger partial charge is 0.280 e. The molecule has 0 unspecified atom stereocenters. The fraction of sp³-hybridized carbons (Fsp3) is 0.143. The highest BCUT2D eigenvalue weighted by Gasteiger charge is 2.20. The van der Waals surface area contributed by atoms with Crippen molar-refractivity contribution < 1.29 is 8.94 Å². The second-order valence-corrected chi connectivity index (χ2v) is 6.73. The summed E-state index contributed by atoms with van der Waals surface area (Å²) in [5, 5.41) is 12.5. The molecule has 9 nitrogen and oxygen atoms in total. The molecular formula is C21H17N7O2. The molecule has 0 aliphatic heterocycles. The second-order valence-electron chi connectivity index (χ2n) is 6.73. The number of aryl methyl sites for hydroxylation is 1. The van der Waals surface area contributed by atoms with E-state index in [0.717, 1.165) is 28.3 Å². The van der Waals surface area contributed by atoms with Crippen molar-refractivity contribution in [2.75, 3.05) is 0 Å². The molecule has 4 aromatic heterocycles. The van der Waals surface area contributed by atoms with Crippen LogP contribution < -0.4 is 0 Å². The fourth-order valence-corrected chi connectivity index (χ4v) is 3.07. The summed E-state index contributed by atoms with van der Waals surface area (Å²) in [4.78, 5) is 13.1. The van der Waals surface area contributed by atoms with Crippen molar-refractivity contribution in [1.82, 2.24) is 35.1 Å². The summed E-state index contributed by atoms with van der Waals surface area (Å²) >= 11 is 0. The average molecular weight is 399 g/mol. The quantitative estimate of drug-likeness (QED) is 0.440. The van der Waals surface area contributed by atoms with E-state index in [2.05, 4.69) is 30.4 Å². The molecule has 1 aromatic carbocycles. The molecule has 0 bridgehead atoms. The maximum Gasteiger partial charge on any atom is 0.280 e. The predicted molar refractivity (Wildman–Crippen MR) is 107 cm³/mol. The summed E-state index contributed by atoms with van der Waals surface area (Å²) in [5.41, 5.74) is 3.86. The van der Waals surface area contributed by atoms with Crippen molar-refractivity contribution in [2.45, 2.75) is 20.4 Å². The van der Waals surface area contributed by atoms with Gasteiger partial charge in [0, 0.05) is 23.5 Å². The van der Waals surface area contributed by atoms with Crippen LogP contribution in [-0.2, 0) is 6.54 Å². The number of nitrogens with zero attached hydrogens (tertiary/aromatic N) is 7. The monoisotopic (exact) mass is 399 g/mol. The van der Waals surface area contributed by atoms with Gasteiger partial charge in [-0.3, -0.25) is 4.98 Å². The van der Waals surface area contributed by atoms with E-state index in [1.54, 1.807) is 17.1 Å². The van der Waals surface area contributed by atoms with Gasteiger partial charge in [0.2, 0.25) is 11.7 Å². The molecule has 0 radical (unpaired) electrons. The Hall–Kier alpha value is -4.14. The van der Waals surface area contributed by atoms with E-state index in [1.165, 1.54) is 0 Å². The van der Waals surface area contributed by atoms with Crippen molar-refractivity contribution in [3.05, 3.63) is 72.0 Å². The third-order valence-electron chi connectivity index (χ3n) is 4.76. The minimum absolute atomic E-state index is 0.312. The summed E-state index contributed by atoms with van der Waals surface area (Å²) in [5.74, 6) is 2.11. The Morgan fingerprint density at radius 1 is 0.900 bits per heavy atom. The summed E-state index contributed by atoms with van der Waals surface area (Å²) in [6.07, 6.45) is 3.35. The first kappa shape index (κ1) is 17.9. The summed E-state index contributed by atoms with van der Waals surface area (Å²) < 4.78 is 13.0. The van der Waals surface area contributed by atoms with E-state index in [1.807, 2.05) is 56.3 Å². The third kappa shape index (κ3) is 3.26. The normalized spacial score (nSPS) is 11.1. The highest BCUT2D eigenvalue weighted by atomic mass is 16.5. The van der Waals surface area contributed by atoms with Gasteiger partial charge in [-0.25, -0.2) is 9.67 Å². The number of oxazole rings is 1. The van der Waals surface area contributed by atoms with E-state index in [4.69, 9.17) is 8.94 Å². The van der Waals surface area contributed by atoms with E-state index in [9.17, 15) is 0 Å². The van der Waals surface area contributed by atoms with Gasteiger partial charge in [-0.15, -0.1) is 5.10 Å². The average Bonchev–Trinajstić information content (AvgIpc) is 3.50. The van der Waals surface area contributed by atoms with Crippen LogP contribution in [0.5, 0.6) is 0 Å². The van der Waals surface area contributed by atoms with Crippen LogP contribution in [0.15, 0.2) is 63.8 Å². The number of hydrogen-bond acceptors (Lipinski definition) is 8. The molecule has 5 aromatic rings. The van der Waals surface area contributed by atoms with E-state index >= 15 is 0 Å². The topological polar surface area (TPSA) is 109 Å². The largest absolute Gasteiger partial charge is 0.441 e. The molecule has 0 amide bonds. The molecule has 5 rings (SSSR count). The Balaban J connectivity index is 1.41. The van der Waals surface area contributed by atoms with Crippen molar-refractivity contribution in [1.29, 1.82) is 0 Å². The van der Waals surface area contributed by atoms with Crippen molar-refractivity contribution >= 4 is 0 Å². The van der Waals surface area contributed by atoms with E-state index in [0.29, 0.717) is 29.8 Å². The highest BCUT2D eigenvalue weighted by Crippen LogP contribution is 2.25. The molecule has 0 aliphatic carbocycles. The van der Waals surface area contributed by atoms with Gasteiger partial charge in [-0.1, -0.05) is 28.6 Å². The zero-order valence-electron chi connectivity index (χ0n) is 16.4. The number of aromatic nitrogens is 7. The molecule has 4 heterocycles. The lowest BCUT2D eigenvalue weighted by Crippen LogP contribution is -2.05. The molecule has 0 saturated carbocycles. The number of hydrogen-bond donors (Lipinski definition) is 0. The van der Waals surface area contributed by atoms with Gasteiger partial charge in [0.25, 0.3) is 5.89 Å². The van der Waals surface area contributed by atoms with Crippen LogP contribution in [0.1, 0.15) is 17.1 Å². The van der Waals surface area contributed by atoms with Gasteiger partial charge in [0.1, 0.15) is 11.5 Å². The fourth-order valence-electron chi connectivity index (χ4n) is 3.07. The third-order valence-corrected chi connectivity index (χ3v) is 4.76. The Morgan fingerprint density at radius 3 is 2.50 bits per heavy atom. The van der Waals surface area contributed by atoms with Crippen LogP contribution in [0.4, 0.5) is 0 Å². The molecule has 30 heavy (non-hydrogen) atoms. The van der Waals surface area contributed by atoms with E-state index in [-0.39, 0.29) is 0 Å². The molecule has 148 valence electrons. The maximum atomic E-state index is 5.84. The van der Waals surface area contributed by atoms with Crippen molar-refractivity contribution in [3.8, 4) is 34.4 Å². The first-order valence-electron chi connectivity index (χ1n) is 9.35. The highest BCUT2D eigenvalue weighted by molar-refractivity contribution is 5.58. The van der Waals surface area contributed by atoms with Gasteiger partial charge in [0.05, 0.1) is 12.2 Å². The van der Waals surface area contributed by atoms with Crippen LogP contribution in [0.2, 0.25) is 0 Å². The molecular weight excluding hydrogens is 382 g/mol. The number of benzene rings is 1. The summed E-state index contributed by atoms with van der Waals surface area (Å²) in [7, 11) is 0. The molecule has 0 atom stereocenters. The Labute approximate surface area is 171 Å². The zero-order valence-corrected chi connectivity index (χ0v) is 16.4. The lowest BCUT2D eigenvalue weighted by atomic mass is 10.2. The lowest BCUT2D eigenvalue weighted by Gasteiger charge is -2.00. The minimum Gasteiger partial charge on any atom is -0.441 e. The molecule has 0 fully saturated rings. The summed E-state index contributed by atoms with van der Waals surface area (Å²) in [6.45, 7) is 4.21. The van der Waals surface area contributed by atoms with Gasteiger partial charge in [-0.2, -0.15) is 4.98 Å². The standard InChI is InChI=1S/C21H17N7O2/c1-13-18(21-24-19(26-30-21)15-8-10-22-11-9-15)25-27-28(13)12-17-14(2)29-20(23-17)16-6-4-3-5-7-16/h3-11H,12H2,1-2H3. The second kappa shape index (κ2) is 7.36. The predicted octanol–water partition coefficient (Wildman–Crippen LogP) is 3.71. The van der Waals surface area contributed by atoms with Crippen LogP contribution >= 0.6 is 0 Å². The van der Waals surface area contributed by atoms with Gasteiger partial charge < -0.3 is 8.94 Å². The SMILES string of the molecule is Cc1oc(-c2ccccc2)nc1Cn1nnc(-c2nc(-c3ccncc3)no2)c1C. The number of pyridine rings is 1. The maximum absolute atomic E-state index is 5.84. The first-order valence-corrected chi connectivity index (χ1v) is 9.35. The Kier molecular flexibility index (Phi) is 4.40. The van der Waals surface area contributed by atoms with Gasteiger partial charge in [-0.05, 0) is 38.1 Å². The van der Waals surface area contributed by atoms with Crippen LogP contribution in [0.3, 0.4) is 0 Å². The van der Waals surface area contributed by atoms with Crippen LogP contribution in [0, 0.1) is 13.8 Å².